The summed E-state index contributed by atoms with van der Waals surface area (Å²) in [5.41, 5.74) is 1.12. The largest absolute Gasteiger partial charge is 0.352 e. The molecular formula is C22H24Cl2N4O2. The minimum atomic E-state index is -0.0290. The van der Waals surface area contributed by atoms with Gasteiger partial charge < -0.3 is 14.7 Å². The predicted octanol–water partition coefficient (Wildman–Crippen LogP) is 3.98. The van der Waals surface area contributed by atoms with Crippen molar-refractivity contribution in [3.8, 4) is 0 Å². The standard InChI is InChI=1S/C22H24Cl2N4O2/c23-18-6-4-5-16(13-18)21(29)28-11-9-26(10-12-28)20-19(24)14-17(15-25-20)22(30)27-7-2-1-3-8-27/h4-6,13-15H,1-3,7-12H2. The molecule has 2 amide bonds. The number of piperidine rings is 1. The Morgan fingerprint density at radius 1 is 0.800 bits per heavy atom. The van der Waals surface area contributed by atoms with Gasteiger partial charge in [0.2, 0.25) is 0 Å². The van der Waals surface area contributed by atoms with Crippen molar-refractivity contribution in [1.82, 2.24) is 14.8 Å². The number of piperazine rings is 1. The molecule has 0 atom stereocenters. The van der Waals surface area contributed by atoms with E-state index in [9.17, 15) is 9.59 Å². The molecule has 0 radical (unpaired) electrons. The maximum atomic E-state index is 12.7. The van der Waals surface area contributed by atoms with Crippen LogP contribution in [0.3, 0.4) is 0 Å². The van der Waals surface area contributed by atoms with Crippen LogP contribution >= 0.6 is 23.2 Å². The number of benzene rings is 1. The summed E-state index contributed by atoms with van der Waals surface area (Å²) >= 11 is 12.5. The van der Waals surface area contributed by atoms with E-state index in [0.29, 0.717) is 53.2 Å². The number of aromatic nitrogens is 1. The molecule has 2 saturated heterocycles. The van der Waals surface area contributed by atoms with Gasteiger partial charge in [-0.3, -0.25) is 9.59 Å². The first-order valence-electron chi connectivity index (χ1n) is 10.3. The van der Waals surface area contributed by atoms with Crippen molar-refractivity contribution >= 4 is 40.8 Å². The lowest BCUT2D eigenvalue weighted by atomic mass is 10.1. The van der Waals surface area contributed by atoms with Crippen molar-refractivity contribution in [3.63, 3.8) is 0 Å². The van der Waals surface area contributed by atoms with Crippen LogP contribution < -0.4 is 4.90 Å². The van der Waals surface area contributed by atoms with Crippen molar-refractivity contribution in [1.29, 1.82) is 0 Å². The summed E-state index contributed by atoms with van der Waals surface area (Å²) in [4.78, 5) is 35.6. The van der Waals surface area contributed by atoms with E-state index in [1.54, 1.807) is 36.5 Å². The summed E-state index contributed by atoms with van der Waals surface area (Å²) in [6.07, 6.45) is 4.88. The van der Waals surface area contributed by atoms with Crippen LogP contribution in [-0.4, -0.2) is 65.9 Å². The first-order chi connectivity index (χ1) is 14.5. The van der Waals surface area contributed by atoms with E-state index >= 15 is 0 Å². The fourth-order valence-corrected chi connectivity index (χ4v) is 4.46. The number of nitrogens with zero attached hydrogens (tertiary/aromatic N) is 4. The van der Waals surface area contributed by atoms with Gasteiger partial charge in [-0.1, -0.05) is 29.3 Å². The SMILES string of the molecule is O=C(c1cnc(N2CCN(C(=O)c3cccc(Cl)c3)CC2)c(Cl)c1)N1CCCCC1. The van der Waals surface area contributed by atoms with Crippen molar-refractivity contribution in [3.05, 3.63) is 57.7 Å². The second-order valence-corrected chi connectivity index (χ2v) is 8.52. The number of pyridine rings is 1. The summed E-state index contributed by atoms with van der Waals surface area (Å²) in [6, 6.07) is 8.71. The molecule has 2 aliphatic heterocycles. The van der Waals surface area contributed by atoms with Crippen molar-refractivity contribution in [2.45, 2.75) is 19.3 Å². The third kappa shape index (κ3) is 4.55. The second kappa shape index (κ2) is 9.23. The molecule has 8 heteroatoms. The molecule has 2 aromatic rings. The average Bonchev–Trinajstić information content (AvgIpc) is 2.79. The van der Waals surface area contributed by atoms with Crippen LogP contribution in [0.2, 0.25) is 10.0 Å². The third-order valence-corrected chi connectivity index (χ3v) is 6.16. The van der Waals surface area contributed by atoms with Gasteiger partial charge in [-0.25, -0.2) is 4.98 Å². The molecule has 2 aliphatic rings. The van der Waals surface area contributed by atoms with E-state index in [-0.39, 0.29) is 11.8 Å². The smallest absolute Gasteiger partial charge is 0.255 e. The molecule has 1 aromatic heterocycles. The van der Waals surface area contributed by atoms with Gasteiger partial charge in [0.25, 0.3) is 11.8 Å². The average molecular weight is 447 g/mol. The monoisotopic (exact) mass is 446 g/mol. The summed E-state index contributed by atoms with van der Waals surface area (Å²) in [6.45, 7) is 3.97. The molecular weight excluding hydrogens is 423 g/mol. The molecule has 0 N–H and O–H groups in total. The summed E-state index contributed by atoms with van der Waals surface area (Å²) in [7, 11) is 0. The molecule has 0 saturated carbocycles. The van der Waals surface area contributed by atoms with Gasteiger partial charge in [0.15, 0.2) is 0 Å². The van der Waals surface area contributed by atoms with Crippen LogP contribution in [0.15, 0.2) is 36.5 Å². The lowest BCUT2D eigenvalue weighted by molar-refractivity contribution is 0.0721. The van der Waals surface area contributed by atoms with Gasteiger partial charge in [0.05, 0.1) is 10.6 Å². The zero-order chi connectivity index (χ0) is 21.1. The van der Waals surface area contributed by atoms with Gasteiger partial charge in [-0.2, -0.15) is 0 Å². The van der Waals surface area contributed by atoms with Crippen molar-refractivity contribution < 1.29 is 9.59 Å². The van der Waals surface area contributed by atoms with Gasteiger partial charge in [-0.15, -0.1) is 0 Å². The number of likely N-dealkylation sites (tertiary alicyclic amines) is 1. The number of carbonyl (C=O) groups is 2. The number of halogens is 2. The van der Waals surface area contributed by atoms with E-state index < -0.39 is 0 Å². The highest BCUT2D eigenvalue weighted by Gasteiger charge is 2.25. The van der Waals surface area contributed by atoms with Crippen molar-refractivity contribution in [2.75, 3.05) is 44.2 Å². The first kappa shape index (κ1) is 20.9. The lowest BCUT2D eigenvalue weighted by Crippen LogP contribution is -2.49. The summed E-state index contributed by atoms with van der Waals surface area (Å²) < 4.78 is 0. The number of hydrogen-bond acceptors (Lipinski definition) is 4. The fourth-order valence-electron chi connectivity index (χ4n) is 3.99. The maximum absolute atomic E-state index is 12.7. The molecule has 0 unspecified atom stereocenters. The Kier molecular flexibility index (Phi) is 6.44. The minimum Gasteiger partial charge on any atom is -0.352 e. The first-order valence-corrected chi connectivity index (χ1v) is 11.0. The van der Waals surface area contributed by atoms with Crippen LogP contribution in [0.25, 0.3) is 0 Å². The van der Waals surface area contributed by atoms with Crippen molar-refractivity contribution in [2.24, 2.45) is 0 Å². The molecule has 6 nitrogen and oxygen atoms in total. The third-order valence-electron chi connectivity index (χ3n) is 5.65. The van der Waals surface area contributed by atoms with Gasteiger partial charge >= 0.3 is 0 Å². The van der Waals surface area contributed by atoms with Gasteiger partial charge in [0.1, 0.15) is 5.82 Å². The van der Waals surface area contributed by atoms with E-state index in [0.717, 1.165) is 25.9 Å². The highest BCUT2D eigenvalue weighted by molar-refractivity contribution is 6.33. The lowest BCUT2D eigenvalue weighted by Gasteiger charge is -2.36. The molecule has 4 rings (SSSR count). The molecule has 0 bridgehead atoms. The zero-order valence-corrected chi connectivity index (χ0v) is 18.2. The highest BCUT2D eigenvalue weighted by atomic mass is 35.5. The number of amides is 2. The minimum absolute atomic E-state index is 0.00686. The normalized spacial score (nSPS) is 17.2. The Morgan fingerprint density at radius 2 is 1.47 bits per heavy atom. The van der Waals surface area contributed by atoms with E-state index in [2.05, 4.69) is 9.88 Å². The van der Waals surface area contributed by atoms with E-state index in [4.69, 9.17) is 23.2 Å². The van der Waals surface area contributed by atoms with Crippen LogP contribution in [0, 0.1) is 0 Å². The number of hydrogen-bond donors (Lipinski definition) is 0. The molecule has 0 aliphatic carbocycles. The molecule has 0 spiro atoms. The molecule has 30 heavy (non-hydrogen) atoms. The van der Waals surface area contributed by atoms with E-state index in [1.165, 1.54) is 6.42 Å². The summed E-state index contributed by atoms with van der Waals surface area (Å²) in [5.74, 6) is 0.619. The highest BCUT2D eigenvalue weighted by Crippen LogP contribution is 2.26. The number of anilines is 1. The molecule has 1 aromatic carbocycles. The Hall–Kier alpha value is -2.31. The second-order valence-electron chi connectivity index (χ2n) is 7.67. The Balaban J connectivity index is 1.39. The Bertz CT molecular complexity index is 938. The molecule has 158 valence electrons. The number of carbonyl (C=O) groups excluding carboxylic acids is 2. The van der Waals surface area contributed by atoms with Crippen LogP contribution in [0.4, 0.5) is 5.82 Å². The Labute approximate surface area is 186 Å². The fraction of sp³-hybridized carbons (Fsp3) is 0.409. The van der Waals surface area contributed by atoms with Crippen LogP contribution in [0.1, 0.15) is 40.0 Å². The zero-order valence-electron chi connectivity index (χ0n) is 16.7. The quantitative estimate of drug-likeness (QED) is 0.715. The van der Waals surface area contributed by atoms with E-state index in [1.807, 2.05) is 9.80 Å². The topological polar surface area (TPSA) is 56.8 Å². The summed E-state index contributed by atoms with van der Waals surface area (Å²) in [5, 5.41) is 1.02. The predicted molar refractivity (Wildman–Crippen MR) is 119 cm³/mol. The number of rotatable bonds is 3. The maximum Gasteiger partial charge on any atom is 0.255 e. The Morgan fingerprint density at radius 3 is 2.13 bits per heavy atom. The molecule has 2 fully saturated rings. The van der Waals surface area contributed by atoms with Gasteiger partial charge in [0, 0.05) is 56.1 Å². The van der Waals surface area contributed by atoms with Crippen LogP contribution in [0.5, 0.6) is 0 Å². The van der Waals surface area contributed by atoms with Gasteiger partial charge in [-0.05, 0) is 43.5 Å². The molecule has 3 heterocycles. The van der Waals surface area contributed by atoms with Crippen LogP contribution in [-0.2, 0) is 0 Å².